The van der Waals surface area contributed by atoms with Gasteiger partial charge in [-0.05, 0) is 23.8 Å². The zero-order chi connectivity index (χ0) is 11.5. The molecule has 0 amide bonds. The van der Waals surface area contributed by atoms with Crippen molar-refractivity contribution in [1.82, 2.24) is 4.98 Å². The summed E-state index contributed by atoms with van der Waals surface area (Å²) in [6, 6.07) is 9.22. The number of nitrogens with one attached hydrogen (secondary N) is 1. The van der Waals surface area contributed by atoms with Crippen LogP contribution in [0, 0.1) is 0 Å². The van der Waals surface area contributed by atoms with E-state index in [4.69, 9.17) is 10.5 Å². The molecule has 0 atom stereocenters. The van der Waals surface area contributed by atoms with Crippen molar-refractivity contribution >= 4 is 11.7 Å². The molecule has 2 aromatic rings. The van der Waals surface area contributed by atoms with Gasteiger partial charge in [0.25, 0.3) is 0 Å². The molecular formula is C12H12N2O2. The highest BCUT2D eigenvalue weighted by Gasteiger charge is 2.09. The van der Waals surface area contributed by atoms with Gasteiger partial charge in [0.15, 0.2) is 0 Å². The quantitative estimate of drug-likeness (QED) is 0.597. The lowest BCUT2D eigenvalue weighted by atomic mass is 10.1. The van der Waals surface area contributed by atoms with Crippen LogP contribution in [0.3, 0.4) is 0 Å². The monoisotopic (exact) mass is 216 g/mol. The van der Waals surface area contributed by atoms with Gasteiger partial charge in [0, 0.05) is 24.4 Å². The molecule has 0 unspecified atom stereocenters. The normalized spacial score (nSPS) is 10.1. The Hall–Kier alpha value is -2.23. The van der Waals surface area contributed by atoms with Gasteiger partial charge in [-0.15, -0.1) is 0 Å². The fourth-order valence-corrected chi connectivity index (χ4v) is 1.47. The maximum atomic E-state index is 10.9. The minimum atomic E-state index is -0.348. The van der Waals surface area contributed by atoms with Gasteiger partial charge >= 0.3 is 5.97 Å². The van der Waals surface area contributed by atoms with E-state index in [-0.39, 0.29) is 5.97 Å². The molecule has 0 aliphatic rings. The molecule has 0 saturated heterocycles. The molecule has 0 aliphatic heterocycles. The lowest BCUT2D eigenvalue weighted by molar-refractivity contribution is -0.132. The third-order valence-electron chi connectivity index (χ3n) is 2.18. The van der Waals surface area contributed by atoms with E-state index in [0.29, 0.717) is 11.6 Å². The maximum Gasteiger partial charge on any atom is 0.309 e. The van der Waals surface area contributed by atoms with Crippen LogP contribution in [0.2, 0.25) is 0 Å². The predicted octanol–water partition coefficient (Wildman–Crippen LogP) is 2.19. The SMILES string of the molecule is CC(=O)Oc1[nH]ccc1-c1ccc(N)cc1. The Morgan fingerprint density at radius 3 is 2.56 bits per heavy atom. The van der Waals surface area contributed by atoms with Gasteiger partial charge in [-0.3, -0.25) is 4.79 Å². The van der Waals surface area contributed by atoms with Gasteiger partial charge in [0.2, 0.25) is 5.88 Å². The van der Waals surface area contributed by atoms with E-state index in [2.05, 4.69) is 4.98 Å². The number of carbonyl (C=O) groups excluding carboxylic acids is 1. The van der Waals surface area contributed by atoms with Crippen molar-refractivity contribution in [3.05, 3.63) is 36.5 Å². The highest BCUT2D eigenvalue weighted by Crippen LogP contribution is 2.29. The molecule has 1 heterocycles. The number of benzene rings is 1. The van der Waals surface area contributed by atoms with Crippen molar-refractivity contribution in [2.75, 3.05) is 5.73 Å². The number of aromatic amines is 1. The average molecular weight is 216 g/mol. The van der Waals surface area contributed by atoms with Crippen LogP contribution in [0.15, 0.2) is 36.5 Å². The Balaban J connectivity index is 2.36. The van der Waals surface area contributed by atoms with Gasteiger partial charge in [-0.1, -0.05) is 12.1 Å². The lowest BCUT2D eigenvalue weighted by Crippen LogP contribution is -2.02. The summed E-state index contributed by atoms with van der Waals surface area (Å²) in [5.74, 6) is 0.108. The number of aromatic nitrogens is 1. The molecule has 0 bridgehead atoms. The minimum absolute atomic E-state index is 0.348. The standard InChI is InChI=1S/C12H12N2O2/c1-8(15)16-12-11(6-7-14-12)9-2-4-10(13)5-3-9/h2-7,14H,13H2,1H3. The summed E-state index contributed by atoms with van der Waals surface area (Å²) < 4.78 is 5.04. The Bertz CT molecular complexity index is 500. The molecule has 4 heteroatoms. The van der Waals surface area contributed by atoms with Crippen LogP contribution in [0.1, 0.15) is 6.92 Å². The second-order valence-electron chi connectivity index (χ2n) is 3.44. The number of nitrogens with two attached hydrogens (primary N) is 1. The number of anilines is 1. The van der Waals surface area contributed by atoms with Crippen LogP contribution in [-0.2, 0) is 4.79 Å². The zero-order valence-electron chi connectivity index (χ0n) is 8.86. The molecular weight excluding hydrogens is 204 g/mol. The molecule has 0 fully saturated rings. The van der Waals surface area contributed by atoms with Gasteiger partial charge in [-0.25, -0.2) is 0 Å². The summed E-state index contributed by atoms with van der Waals surface area (Å²) in [6.45, 7) is 1.37. The van der Waals surface area contributed by atoms with E-state index in [0.717, 1.165) is 11.1 Å². The summed E-state index contributed by atoms with van der Waals surface area (Å²) >= 11 is 0. The van der Waals surface area contributed by atoms with Crippen molar-refractivity contribution < 1.29 is 9.53 Å². The minimum Gasteiger partial charge on any atom is -0.409 e. The summed E-state index contributed by atoms with van der Waals surface area (Å²) in [5.41, 5.74) is 8.10. The largest absolute Gasteiger partial charge is 0.409 e. The van der Waals surface area contributed by atoms with E-state index in [1.807, 2.05) is 18.2 Å². The van der Waals surface area contributed by atoms with E-state index in [1.165, 1.54) is 6.92 Å². The summed E-state index contributed by atoms with van der Waals surface area (Å²) in [4.78, 5) is 13.8. The Morgan fingerprint density at radius 1 is 1.25 bits per heavy atom. The van der Waals surface area contributed by atoms with Crippen LogP contribution >= 0.6 is 0 Å². The highest BCUT2D eigenvalue weighted by atomic mass is 16.5. The lowest BCUT2D eigenvalue weighted by Gasteiger charge is -2.03. The number of esters is 1. The first-order valence-electron chi connectivity index (χ1n) is 4.88. The number of hydrogen-bond donors (Lipinski definition) is 2. The molecule has 2 rings (SSSR count). The zero-order valence-corrected chi connectivity index (χ0v) is 8.86. The van der Waals surface area contributed by atoms with Crippen molar-refractivity contribution in [2.45, 2.75) is 6.92 Å². The van der Waals surface area contributed by atoms with E-state index < -0.39 is 0 Å². The van der Waals surface area contributed by atoms with Gasteiger partial charge in [-0.2, -0.15) is 0 Å². The second-order valence-corrected chi connectivity index (χ2v) is 3.44. The van der Waals surface area contributed by atoms with Crippen LogP contribution in [0.4, 0.5) is 5.69 Å². The van der Waals surface area contributed by atoms with Crippen molar-refractivity contribution in [3.63, 3.8) is 0 Å². The summed E-state index contributed by atoms with van der Waals surface area (Å²) in [6.07, 6.45) is 1.73. The fourth-order valence-electron chi connectivity index (χ4n) is 1.47. The molecule has 82 valence electrons. The molecule has 0 radical (unpaired) electrons. The smallest absolute Gasteiger partial charge is 0.309 e. The molecule has 1 aromatic heterocycles. The van der Waals surface area contributed by atoms with Crippen molar-refractivity contribution in [2.24, 2.45) is 0 Å². The average Bonchev–Trinajstić information content (AvgIpc) is 2.66. The Morgan fingerprint density at radius 2 is 1.94 bits per heavy atom. The highest BCUT2D eigenvalue weighted by molar-refractivity contribution is 5.75. The van der Waals surface area contributed by atoms with Crippen LogP contribution in [0.25, 0.3) is 11.1 Å². The molecule has 16 heavy (non-hydrogen) atoms. The third-order valence-corrected chi connectivity index (χ3v) is 2.18. The van der Waals surface area contributed by atoms with Crippen LogP contribution < -0.4 is 10.5 Å². The molecule has 0 spiro atoms. The number of carbonyl (C=O) groups is 1. The third kappa shape index (κ3) is 2.06. The van der Waals surface area contributed by atoms with Gasteiger partial charge < -0.3 is 15.5 Å². The van der Waals surface area contributed by atoms with Gasteiger partial charge in [0.05, 0.1) is 0 Å². The molecule has 0 saturated carbocycles. The molecule has 1 aromatic carbocycles. The first-order valence-corrected chi connectivity index (χ1v) is 4.88. The number of ether oxygens (including phenoxy) is 1. The molecule has 3 N–H and O–H groups in total. The molecule has 0 aliphatic carbocycles. The number of hydrogen-bond acceptors (Lipinski definition) is 3. The first-order chi connectivity index (χ1) is 7.66. The number of rotatable bonds is 2. The van der Waals surface area contributed by atoms with Gasteiger partial charge in [0.1, 0.15) is 0 Å². The van der Waals surface area contributed by atoms with E-state index >= 15 is 0 Å². The Kier molecular flexibility index (Phi) is 2.64. The van der Waals surface area contributed by atoms with Crippen molar-refractivity contribution in [3.8, 4) is 17.0 Å². The Labute approximate surface area is 93.0 Å². The van der Waals surface area contributed by atoms with Crippen molar-refractivity contribution in [1.29, 1.82) is 0 Å². The van der Waals surface area contributed by atoms with Crippen LogP contribution in [-0.4, -0.2) is 11.0 Å². The second kappa shape index (κ2) is 4.10. The predicted molar refractivity (Wildman–Crippen MR) is 62.0 cm³/mol. The van der Waals surface area contributed by atoms with E-state index in [1.54, 1.807) is 18.3 Å². The van der Waals surface area contributed by atoms with E-state index in [9.17, 15) is 4.79 Å². The molecule has 4 nitrogen and oxygen atoms in total. The first kappa shape index (κ1) is 10.3. The number of H-pyrrole nitrogens is 1. The topological polar surface area (TPSA) is 68.1 Å². The van der Waals surface area contributed by atoms with Crippen LogP contribution in [0.5, 0.6) is 5.88 Å². The number of nitrogen functional groups attached to an aromatic ring is 1. The fraction of sp³-hybridized carbons (Fsp3) is 0.0833. The maximum absolute atomic E-state index is 10.9. The summed E-state index contributed by atoms with van der Waals surface area (Å²) in [7, 11) is 0. The summed E-state index contributed by atoms with van der Waals surface area (Å²) in [5, 5.41) is 0.